The molecule has 0 aliphatic carbocycles. The minimum atomic E-state index is 0. The van der Waals surface area contributed by atoms with Crippen LogP contribution in [0.2, 0.25) is 0 Å². The number of aromatic nitrogens is 3. The fourth-order valence-electron chi connectivity index (χ4n) is 1.38. The molecule has 0 fully saturated rings. The van der Waals surface area contributed by atoms with Crippen molar-refractivity contribution in [1.82, 2.24) is 25.4 Å². The van der Waals surface area contributed by atoms with E-state index in [1.54, 1.807) is 0 Å². The summed E-state index contributed by atoms with van der Waals surface area (Å²) in [4.78, 5) is 4.50. The SMILES string of the molecule is CCNC(=NCc1nnc(C)n1C)NCC(C)C.I. The second-order valence-corrected chi connectivity index (χ2v) is 4.69. The monoisotopic (exact) mass is 380 g/mol. The molecular weight excluding hydrogens is 355 g/mol. The molecular formula is C12H25IN6. The molecule has 0 unspecified atom stereocenters. The van der Waals surface area contributed by atoms with Crippen molar-refractivity contribution in [2.75, 3.05) is 13.1 Å². The van der Waals surface area contributed by atoms with Crippen LogP contribution in [0.25, 0.3) is 0 Å². The predicted octanol–water partition coefficient (Wildman–Crippen LogP) is 1.45. The number of hydrogen-bond acceptors (Lipinski definition) is 3. The Morgan fingerprint density at radius 3 is 2.47 bits per heavy atom. The fraction of sp³-hybridized carbons (Fsp3) is 0.750. The van der Waals surface area contributed by atoms with E-state index in [4.69, 9.17) is 0 Å². The van der Waals surface area contributed by atoms with Crippen molar-refractivity contribution in [2.24, 2.45) is 18.0 Å². The number of halogens is 1. The Kier molecular flexibility index (Phi) is 8.70. The van der Waals surface area contributed by atoms with E-state index in [-0.39, 0.29) is 24.0 Å². The van der Waals surface area contributed by atoms with Crippen molar-refractivity contribution in [2.45, 2.75) is 34.2 Å². The van der Waals surface area contributed by atoms with Crippen LogP contribution in [0.3, 0.4) is 0 Å². The molecule has 0 spiro atoms. The van der Waals surface area contributed by atoms with Gasteiger partial charge in [0, 0.05) is 20.1 Å². The maximum Gasteiger partial charge on any atom is 0.191 e. The Balaban J connectivity index is 0.00000324. The van der Waals surface area contributed by atoms with Crippen molar-refractivity contribution in [3.63, 3.8) is 0 Å². The van der Waals surface area contributed by atoms with Gasteiger partial charge in [0.1, 0.15) is 12.4 Å². The second kappa shape index (κ2) is 9.11. The van der Waals surface area contributed by atoms with E-state index >= 15 is 0 Å². The molecule has 0 radical (unpaired) electrons. The minimum Gasteiger partial charge on any atom is -0.357 e. The van der Waals surface area contributed by atoms with Gasteiger partial charge in [0.15, 0.2) is 11.8 Å². The van der Waals surface area contributed by atoms with Crippen molar-refractivity contribution in [3.05, 3.63) is 11.6 Å². The van der Waals surface area contributed by atoms with Crippen LogP contribution in [0.15, 0.2) is 4.99 Å². The highest BCUT2D eigenvalue weighted by molar-refractivity contribution is 14.0. The summed E-state index contributed by atoms with van der Waals surface area (Å²) in [6.07, 6.45) is 0. The zero-order valence-corrected chi connectivity index (χ0v) is 14.7. The molecule has 7 heteroatoms. The van der Waals surface area contributed by atoms with Crippen molar-refractivity contribution in [3.8, 4) is 0 Å². The minimum absolute atomic E-state index is 0. The zero-order chi connectivity index (χ0) is 13.5. The van der Waals surface area contributed by atoms with Gasteiger partial charge in [-0.15, -0.1) is 34.2 Å². The summed E-state index contributed by atoms with van der Waals surface area (Å²) in [5, 5.41) is 14.6. The van der Waals surface area contributed by atoms with Crippen LogP contribution in [0, 0.1) is 12.8 Å². The van der Waals surface area contributed by atoms with Crippen LogP contribution in [-0.2, 0) is 13.6 Å². The first-order chi connectivity index (χ1) is 8.54. The third-order valence-corrected chi connectivity index (χ3v) is 2.58. The predicted molar refractivity (Wildman–Crippen MR) is 88.8 cm³/mol. The Bertz CT molecular complexity index is 399. The summed E-state index contributed by atoms with van der Waals surface area (Å²) in [6.45, 7) is 10.6. The molecule has 2 N–H and O–H groups in total. The highest BCUT2D eigenvalue weighted by atomic mass is 127. The molecule has 19 heavy (non-hydrogen) atoms. The molecule has 0 amide bonds. The largest absolute Gasteiger partial charge is 0.357 e. The summed E-state index contributed by atoms with van der Waals surface area (Å²) in [6, 6.07) is 0. The lowest BCUT2D eigenvalue weighted by Crippen LogP contribution is -2.39. The molecule has 0 aliphatic rings. The number of guanidine groups is 1. The van der Waals surface area contributed by atoms with Crippen LogP contribution < -0.4 is 10.6 Å². The topological polar surface area (TPSA) is 67.1 Å². The summed E-state index contributed by atoms with van der Waals surface area (Å²) in [5.74, 6) is 3.19. The van der Waals surface area contributed by atoms with Gasteiger partial charge >= 0.3 is 0 Å². The highest BCUT2D eigenvalue weighted by Crippen LogP contribution is 1.99. The van der Waals surface area contributed by atoms with E-state index in [0.29, 0.717) is 12.5 Å². The molecule has 0 aromatic carbocycles. The molecule has 0 bridgehead atoms. The first-order valence-corrected chi connectivity index (χ1v) is 6.41. The van der Waals surface area contributed by atoms with Gasteiger partial charge in [-0.1, -0.05) is 13.8 Å². The van der Waals surface area contributed by atoms with Crippen LogP contribution in [-0.4, -0.2) is 33.8 Å². The molecule has 1 aromatic heterocycles. The standard InChI is InChI=1S/C12H24N6.HI/c1-6-13-12(14-7-9(2)3)15-8-11-17-16-10(4)18(11)5;/h9H,6-8H2,1-5H3,(H2,13,14,15);1H. The maximum absolute atomic E-state index is 4.50. The molecule has 1 heterocycles. The van der Waals surface area contributed by atoms with E-state index in [1.165, 1.54) is 0 Å². The number of rotatable bonds is 5. The fourth-order valence-corrected chi connectivity index (χ4v) is 1.38. The summed E-state index contributed by atoms with van der Waals surface area (Å²) >= 11 is 0. The Morgan fingerprint density at radius 2 is 2.00 bits per heavy atom. The van der Waals surface area contributed by atoms with Gasteiger partial charge in [0.2, 0.25) is 0 Å². The molecule has 0 saturated heterocycles. The van der Waals surface area contributed by atoms with Gasteiger partial charge in [-0.2, -0.15) is 0 Å². The van der Waals surface area contributed by atoms with E-state index in [2.05, 4.69) is 46.6 Å². The van der Waals surface area contributed by atoms with Gasteiger partial charge in [0.25, 0.3) is 0 Å². The third kappa shape index (κ3) is 6.22. The van der Waals surface area contributed by atoms with Gasteiger partial charge in [-0.25, -0.2) is 4.99 Å². The molecule has 1 aromatic rings. The Morgan fingerprint density at radius 1 is 1.32 bits per heavy atom. The van der Waals surface area contributed by atoms with E-state index in [1.807, 2.05) is 18.5 Å². The van der Waals surface area contributed by atoms with Crippen LogP contribution in [0.5, 0.6) is 0 Å². The number of aliphatic imine (C=N–C) groups is 1. The average Bonchev–Trinajstić information content (AvgIpc) is 2.64. The smallest absolute Gasteiger partial charge is 0.191 e. The molecule has 6 nitrogen and oxygen atoms in total. The Hall–Kier alpha value is -0.860. The lowest BCUT2D eigenvalue weighted by Gasteiger charge is -2.12. The van der Waals surface area contributed by atoms with Crippen LogP contribution in [0.4, 0.5) is 0 Å². The van der Waals surface area contributed by atoms with E-state index < -0.39 is 0 Å². The van der Waals surface area contributed by atoms with Gasteiger partial charge in [0.05, 0.1) is 0 Å². The number of hydrogen-bond donors (Lipinski definition) is 2. The van der Waals surface area contributed by atoms with Gasteiger partial charge < -0.3 is 15.2 Å². The van der Waals surface area contributed by atoms with Crippen molar-refractivity contribution >= 4 is 29.9 Å². The van der Waals surface area contributed by atoms with Gasteiger partial charge in [-0.05, 0) is 19.8 Å². The lowest BCUT2D eigenvalue weighted by atomic mass is 10.2. The first kappa shape index (κ1) is 18.1. The van der Waals surface area contributed by atoms with Crippen molar-refractivity contribution in [1.29, 1.82) is 0 Å². The summed E-state index contributed by atoms with van der Waals surface area (Å²) in [7, 11) is 1.95. The molecule has 1 rings (SSSR count). The average molecular weight is 380 g/mol. The quantitative estimate of drug-likeness (QED) is 0.461. The van der Waals surface area contributed by atoms with E-state index in [9.17, 15) is 0 Å². The number of nitrogens with zero attached hydrogens (tertiary/aromatic N) is 4. The van der Waals surface area contributed by atoms with Crippen LogP contribution >= 0.6 is 24.0 Å². The van der Waals surface area contributed by atoms with E-state index in [0.717, 1.165) is 30.7 Å². The first-order valence-electron chi connectivity index (χ1n) is 6.41. The maximum atomic E-state index is 4.50. The molecule has 0 saturated carbocycles. The number of aryl methyl sites for hydroxylation is 1. The van der Waals surface area contributed by atoms with Crippen molar-refractivity contribution < 1.29 is 0 Å². The summed E-state index contributed by atoms with van der Waals surface area (Å²) < 4.78 is 1.95. The molecule has 0 atom stereocenters. The second-order valence-electron chi connectivity index (χ2n) is 4.69. The highest BCUT2D eigenvalue weighted by Gasteiger charge is 2.04. The Labute approximate surface area is 132 Å². The lowest BCUT2D eigenvalue weighted by molar-refractivity contribution is 0.614. The van der Waals surface area contributed by atoms with Crippen LogP contribution in [0.1, 0.15) is 32.4 Å². The zero-order valence-electron chi connectivity index (χ0n) is 12.4. The molecule has 110 valence electrons. The molecule has 0 aliphatic heterocycles. The summed E-state index contributed by atoms with van der Waals surface area (Å²) in [5.41, 5.74) is 0. The number of nitrogens with one attached hydrogen (secondary N) is 2. The van der Waals surface area contributed by atoms with Gasteiger partial charge in [-0.3, -0.25) is 0 Å². The third-order valence-electron chi connectivity index (χ3n) is 2.58. The normalized spacial score (nSPS) is 11.4.